The van der Waals surface area contributed by atoms with E-state index in [1.54, 1.807) is 4.90 Å². The second-order valence-electron chi connectivity index (χ2n) is 7.84. The van der Waals surface area contributed by atoms with Crippen LogP contribution < -0.4 is 5.32 Å². The van der Waals surface area contributed by atoms with Gasteiger partial charge >= 0.3 is 0 Å². The number of hydrogen-bond donors (Lipinski definition) is 1. The van der Waals surface area contributed by atoms with Gasteiger partial charge in [0.1, 0.15) is 11.9 Å². The van der Waals surface area contributed by atoms with Crippen molar-refractivity contribution < 1.29 is 9.59 Å². The van der Waals surface area contributed by atoms with E-state index in [0.29, 0.717) is 17.4 Å². The number of carbonyl (C=O) groups is 2. The minimum Gasteiger partial charge on any atom is -0.325 e. The molecule has 0 unspecified atom stereocenters. The molecular formula is C24H26N4O2S. The zero-order valence-electron chi connectivity index (χ0n) is 18.2. The molecule has 2 atom stereocenters. The van der Waals surface area contributed by atoms with Crippen LogP contribution in [0.15, 0.2) is 52.4 Å². The highest BCUT2D eigenvalue weighted by molar-refractivity contribution is 8.15. The number of hydrogen-bond acceptors (Lipinski definition) is 5. The number of benzene rings is 2. The molecule has 2 aromatic rings. The zero-order valence-corrected chi connectivity index (χ0v) is 19.0. The summed E-state index contributed by atoms with van der Waals surface area (Å²) in [6.07, 6.45) is 1.57. The van der Waals surface area contributed by atoms with Gasteiger partial charge in [0.2, 0.25) is 5.91 Å². The zero-order chi connectivity index (χ0) is 22.1. The Bertz CT molecular complexity index is 1110. The molecule has 0 aliphatic carbocycles. The highest BCUT2D eigenvalue weighted by atomic mass is 32.2. The fraction of sp³-hybridized carbons (Fsp3) is 0.333. The Labute approximate surface area is 186 Å². The molecule has 160 valence electrons. The van der Waals surface area contributed by atoms with E-state index in [1.165, 1.54) is 11.8 Å². The van der Waals surface area contributed by atoms with Crippen molar-refractivity contribution in [3.63, 3.8) is 0 Å². The number of thioether (sulfide) groups is 1. The summed E-state index contributed by atoms with van der Waals surface area (Å²) in [5.74, 6) is 0.439. The summed E-state index contributed by atoms with van der Waals surface area (Å²) < 4.78 is 0. The van der Waals surface area contributed by atoms with Crippen LogP contribution >= 0.6 is 11.8 Å². The monoisotopic (exact) mass is 434 g/mol. The summed E-state index contributed by atoms with van der Waals surface area (Å²) in [6, 6.07) is 13.1. The Hall–Kier alpha value is -2.93. The minimum atomic E-state index is -0.441. The molecule has 2 amide bonds. The first-order valence-corrected chi connectivity index (χ1v) is 11.4. The lowest BCUT2D eigenvalue weighted by Gasteiger charge is -2.27. The van der Waals surface area contributed by atoms with Crippen LogP contribution in [-0.4, -0.2) is 39.0 Å². The average molecular weight is 435 g/mol. The number of para-hydroxylation sites is 1. The minimum absolute atomic E-state index is 0.0697. The molecule has 31 heavy (non-hydrogen) atoms. The van der Waals surface area contributed by atoms with Crippen LogP contribution in [0.4, 0.5) is 11.4 Å². The predicted octanol–water partition coefficient (Wildman–Crippen LogP) is 4.82. The molecule has 0 saturated carbocycles. The number of aliphatic imine (C=N–C) groups is 2. The van der Waals surface area contributed by atoms with Crippen LogP contribution in [0.5, 0.6) is 0 Å². The van der Waals surface area contributed by atoms with Crippen molar-refractivity contribution in [3.05, 3.63) is 59.2 Å². The van der Waals surface area contributed by atoms with Gasteiger partial charge in [-0.2, -0.15) is 0 Å². The van der Waals surface area contributed by atoms with Crippen LogP contribution in [0, 0.1) is 13.8 Å². The molecule has 0 fully saturated rings. The van der Waals surface area contributed by atoms with Gasteiger partial charge in [-0.15, -0.1) is 0 Å². The second-order valence-corrected chi connectivity index (χ2v) is 9.15. The van der Waals surface area contributed by atoms with Crippen molar-refractivity contribution in [1.82, 2.24) is 4.90 Å². The van der Waals surface area contributed by atoms with Gasteiger partial charge in [-0.1, -0.05) is 49.4 Å². The number of nitrogens with one attached hydrogen (secondary N) is 1. The molecule has 0 radical (unpaired) electrons. The lowest BCUT2D eigenvalue weighted by atomic mass is 10.1. The number of nitrogens with zero attached hydrogens (tertiary/aromatic N) is 3. The van der Waals surface area contributed by atoms with E-state index in [4.69, 9.17) is 9.98 Å². The van der Waals surface area contributed by atoms with E-state index in [9.17, 15) is 9.59 Å². The van der Waals surface area contributed by atoms with Gasteiger partial charge in [-0.3, -0.25) is 14.6 Å². The Morgan fingerprint density at radius 1 is 1.19 bits per heavy atom. The van der Waals surface area contributed by atoms with Gasteiger partial charge in [0.25, 0.3) is 5.91 Å². The molecule has 4 rings (SSSR count). The fourth-order valence-corrected chi connectivity index (χ4v) is 4.59. The molecule has 7 heteroatoms. The molecule has 6 nitrogen and oxygen atoms in total. The number of carbonyl (C=O) groups excluding carboxylic acids is 2. The molecule has 0 spiro atoms. The summed E-state index contributed by atoms with van der Waals surface area (Å²) >= 11 is 1.28. The molecule has 2 aliphatic rings. The number of amides is 2. The first-order chi connectivity index (χ1) is 14.9. The number of fused-ring (bicyclic) bond motifs is 3. The van der Waals surface area contributed by atoms with E-state index in [1.807, 2.05) is 70.2 Å². The molecular weight excluding hydrogens is 408 g/mol. The van der Waals surface area contributed by atoms with Crippen LogP contribution in [0.25, 0.3) is 0 Å². The third kappa shape index (κ3) is 4.02. The Balaban J connectivity index is 1.59. The maximum atomic E-state index is 13.1. The fourth-order valence-electron chi connectivity index (χ4n) is 3.68. The molecule has 0 bridgehead atoms. The van der Waals surface area contributed by atoms with Crippen LogP contribution in [0.3, 0.4) is 0 Å². The van der Waals surface area contributed by atoms with E-state index in [-0.39, 0.29) is 11.8 Å². The molecule has 2 aliphatic heterocycles. The highest BCUT2D eigenvalue weighted by Crippen LogP contribution is 2.35. The van der Waals surface area contributed by atoms with Crippen molar-refractivity contribution in [2.45, 2.75) is 51.8 Å². The quantitative estimate of drug-likeness (QED) is 0.733. The Morgan fingerprint density at radius 2 is 1.97 bits per heavy atom. The van der Waals surface area contributed by atoms with E-state index in [2.05, 4.69) is 5.32 Å². The van der Waals surface area contributed by atoms with Gasteiger partial charge < -0.3 is 5.32 Å². The standard InChI is InChI=1S/C24H26N4O2S/c1-5-9-20-23(30)28-21(25-20)17-11-6-7-12-19(17)27-24(28)31-16(4)22(29)26-18-13-8-10-14(2)15(18)3/h6-8,10-13,16,20H,5,9H2,1-4H3,(H,26,29)/t16-,20+/m1/s1. The van der Waals surface area contributed by atoms with Crippen molar-refractivity contribution >= 4 is 46.0 Å². The molecule has 2 aromatic carbocycles. The van der Waals surface area contributed by atoms with Crippen molar-refractivity contribution in [2.75, 3.05) is 5.32 Å². The summed E-state index contributed by atoms with van der Waals surface area (Å²) in [7, 11) is 0. The summed E-state index contributed by atoms with van der Waals surface area (Å²) in [5.41, 5.74) is 4.59. The second kappa shape index (κ2) is 8.67. The molecule has 2 heterocycles. The molecule has 0 saturated heterocycles. The maximum absolute atomic E-state index is 13.1. The van der Waals surface area contributed by atoms with Crippen LogP contribution in [-0.2, 0) is 9.59 Å². The van der Waals surface area contributed by atoms with Gasteiger partial charge in [0.15, 0.2) is 5.17 Å². The Kier molecular flexibility index (Phi) is 5.96. The third-order valence-electron chi connectivity index (χ3n) is 5.62. The van der Waals surface area contributed by atoms with E-state index >= 15 is 0 Å². The number of amidine groups is 2. The van der Waals surface area contributed by atoms with E-state index in [0.717, 1.165) is 34.5 Å². The number of anilines is 1. The SMILES string of the molecule is CCC[C@@H]1N=C2c3ccccc3N=C(S[C@H](C)C(=O)Nc3cccc(C)c3C)N2C1=O. The first-order valence-electron chi connectivity index (χ1n) is 10.5. The van der Waals surface area contributed by atoms with Crippen molar-refractivity contribution in [3.8, 4) is 0 Å². The third-order valence-corrected chi connectivity index (χ3v) is 6.68. The topological polar surface area (TPSA) is 74.1 Å². The van der Waals surface area contributed by atoms with Crippen molar-refractivity contribution in [1.29, 1.82) is 0 Å². The van der Waals surface area contributed by atoms with Gasteiger partial charge in [0.05, 0.1) is 10.9 Å². The maximum Gasteiger partial charge on any atom is 0.259 e. The van der Waals surface area contributed by atoms with Gasteiger partial charge in [-0.25, -0.2) is 9.89 Å². The Morgan fingerprint density at radius 3 is 2.74 bits per heavy atom. The van der Waals surface area contributed by atoms with Gasteiger partial charge in [0, 0.05) is 11.3 Å². The smallest absolute Gasteiger partial charge is 0.259 e. The summed E-state index contributed by atoms with van der Waals surface area (Å²) in [4.78, 5) is 37.0. The first kappa shape index (κ1) is 21.3. The van der Waals surface area contributed by atoms with E-state index < -0.39 is 11.3 Å². The molecule has 0 aromatic heterocycles. The van der Waals surface area contributed by atoms with Crippen LogP contribution in [0.1, 0.15) is 43.4 Å². The lowest BCUT2D eigenvalue weighted by Crippen LogP contribution is -2.42. The molecule has 1 N–H and O–H groups in total. The van der Waals surface area contributed by atoms with Gasteiger partial charge in [-0.05, 0) is 56.5 Å². The van der Waals surface area contributed by atoms with Crippen molar-refractivity contribution in [2.24, 2.45) is 9.98 Å². The predicted molar refractivity (Wildman–Crippen MR) is 127 cm³/mol. The summed E-state index contributed by atoms with van der Waals surface area (Å²) in [5, 5.41) is 3.07. The lowest BCUT2D eigenvalue weighted by molar-refractivity contribution is -0.124. The largest absolute Gasteiger partial charge is 0.325 e. The normalized spacial score (nSPS) is 18.1. The number of aryl methyl sites for hydroxylation is 1. The highest BCUT2D eigenvalue weighted by Gasteiger charge is 2.41. The summed E-state index contributed by atoms with van der Waals surface area (Å²) in [6.45, 7) is 7.88. The average Bonchev–Trinajstić information content (AvgIpc) is 3.08. The van der Waals surface area contributed by atoms with Crippen LogP contribution in [0.2, 0.25) is 0 Å². The number of rotatable bonds is 5.